The van der Waals surface area contributed by atoms with Gasteiger partial charge in [-0.05, 0) is 12.1 Å². The first-order valence-corrected chi connectivity index (χ1v) is 4.97. The first kappa shape index (κ1) is 12.5. The Bertz CT molecular complexity index is 482. The van der Waals surface area contributed by atoms with Gasteiger partial charge in [-0.2, -0.15) is 10.4 Å². The Kier molecular flexibility index (Phi) is 4.34. The van der Waals surface area contributed by atoms with Crippen LogP contribution in [0.2, 0.25) is 0 Å². The molecule has 0 aliphatic heterocycles. The molecule has 16 heavy (non-hydrogen) atoms. The number of rotatable bonds is 3. The van der Waals surface area contributed by atoms with Crippen LogP contribution in [0.25, 0.3) is 0 Å². The van der Waals surface area contributed by atoms with Gasteiger partial charge in [-0.25, -0.2) is 10.3 Å². The number of carbonyl (C=O) groups excluding carboxylic acids is 1. The van der Waals surface area contributed by atoms with E-state index in [4.69, 9.17) is 10.8 Å². The van der Waals surface area contributed by atoms with Gasteiger partial charge >= 0.3 is 5.97 Å². The zero-order valence-corrected chi connectivity index (χ0v) is 9.76. The van der Waals surface area contributed by atoms with Crippen LogP contribution in [-0.2, 0) is 4.74 Å². The second-order valence-electron chi connectivity index (χ2n) is 2.71. The van der Waals surface area contributed by atoms with E-state index in [1.165, 1.54) is 6.07 Å². The molecule has 0 amide bonds. The first-order chi connectivity index (χ1) is 7.60. The average molecular weight is 253 g/mol. The second kappa shape index (κ2) is 5.53. The lowest BCUT2D eigenvalue weighted by molar-refractivity contribution is 0.0555. The minimum absolute atomic E-state index is 0.0720. The molecule has 0 aromatic heterocycles. The highest BCUT2D eigenvalue weighted by Gasteiger charge is 2.16. The van der Waals surface area contributed by atoms with Crippen LogP contribution in [0.15, 0.2) is 27.0 Å². The van der Waals surface area contributed by atoms with Crippen LogP contribution in [0, 0.1) is 16.9 Å². The van der Waals surface area contributed by atoms with Crippen LogP contribution in [0.5, 0.6) is 0 Å². The van der Waals surface area contributed by atoms with E-state index >= 15 is 0 Å². The van der Waals surface area contributed by atoms with Gasteiger partial charge < -0.3 is 4.74 Å². The molecule has 1 rings (SSSR count). The van der Waals surface area contributed by atoms with E-state index in [9.17, 15) is 4.79 Å². The number of nitrogens with zero attached hydrogens (tertiary/aromatic N) is 2. The summed E-state index contributed by atoms with van der Waals surface area (Å²) < 4.78 is 4.62. The maximum atomic E-state index is 11.5. The minimum atomic E-state index is -0.723. The third-order valence-electron chi connectivity index (χ3n) is 1.67. The molecule has 0 saturated carbocycles. The van der Waals surface area contributed by atoms with Crippen molar-refractivity contribution >= 4 is 36.9 Å². The van der Waals surface area contributed by atoms with Crippen molar-refractivity contribution in [1.29, 1.82) is 10.8 Å². The molecular formula is C9H7N3O2S2. The lowest BCUT2D eigenvalue weighted by Crippen LogP contribution is -2.06. The predicted octanol–water partition coefficient (Wildman–Crippen LogP) is 2.61. The quantitative estimate of drug-likeness (QED) is 0.439. The molecule has 0 bridgehead atoms. The molecule has 7 heteroatoms. The van der Waals surface area contributed by atoms with Crippen molar-refractivity contribution in [1.82, 2.24) is 0 Å². The molecule has 82 valence electrons. The predicted molar refractivity (Wildman–Crippen MR) is 61.6 cm³/mol. The van der Waals surface area contributed by atoms with E-state index in [1.54, 1.807) is 12.1 Å². The van der Waals surface area contributed by atoms with Crippen molar-refractivity contribution in [2.45, 2.75) is 9.79 Å². The number of benzene rings is 1. The smallest absolute Gasteiger partial charge is 0.341 e. The molecule has 0 heterocycles. The van der Waals surface area contributed by atoms with Gasteiger partial charge in [0.05, 0.1) is 5.56 Å². The van der Waals surface area contributed by atoms with Crippen molar-refractivity contribution in [3.05, 3.63) is 17.7 Å². The standard InChI is InChI=1S/C9H7N3O2S2/c10-1-2-14-9(13)6-3-5(15)4-7(16)8(6)12-11/h3-4,11,15-16H,2H2. The summed E-state index contributed by atoms with van der Waals surface area (Å²) in [6, 6.07) is 4.65. The number of carbonyl (C=O) groups is 1. The molecule has 0 fully saturated rings. The Morgan fingerprint density at radius 3 is 2.81 bits per heavy atom. The third kappa shape index (κ3) is 2.74. The number of nitriles is 1. The van der Waals surface area contributed by atoms with E-state index in [1.807, 2.05) is 0 Å². The highest BCUT2D eigenvalue weighted by atomic mass is 32.1. The molecule has 0 atom stereocenters. The molecule has 0 saturated heterocycles. The molecular weight excluding hydrogens is 246 g/mol. The molecule has 5 nitrogen and oxygen atoms in total. The monoisotopic (exact) mass is 253 g/mol. The summed E-state index contributed by atoms with van der Waals surface area (Å²) in [5.74, 6) is -0.723. The maximum Gasteiger partial charge on any atom is 0.341 e. The van der Waals surface area contributed by atoms with Crippen molar-refractivity contribution in [3.63, 3.8) is 0 Å². The van der Waals surface area contributed by atoms with Crippen LogP contribution in [-0.4, -0.2) is 12.6 Å². The van der Waals surface area contributed by atoms with Crippen LogP contribution in [0.1, 0.15) is 10.4 Å². The molecule has 1 aromatic rings. The number of esters is 1. The summed E-state index contributed by atoms with van der Waals surface area (Å²) in [7, 11) is 0. The van der Waals surface area contributed by atoms with Crippen LogP contribution in [0.3, 0.4) is 0 Å². The van der Waals surface area contributed by atoms with E-state index in [-0.39, 0.29) is 17.9 Å². The highest BCUT2D eigenvalue weighted by Crippen LogP contribution is 2.31. The lowest BCUT2D eigenvalue weighted by Gasteiger charge is -2.06. The summed E-state index contributed by atoms with van der Waals surface area (Å²) >= 11 is 8.14. The highest BCUT2D eigenvalue weighted by molar-refractivity contribution is 7.81. The fourth-order valence-electron chi connectivity index (χ4n) is 1.05. The summed E-state index contributed by atoms with van der Waals surface area (Å²) in [5, 5.41) is 11.5. The van der Waals surface area contributed by atoms with Gasteiger partial charge in [0.15, 0.2) is 6.61 Å². The first-order valence-electron chi connectivity index (χ1n) is 4.07. The normalized spacial score (nSPS) is 9.31. The zero-order chi connectivity index (χ0) is 12.1. The van der Waals surface area contributed by atoms with Crippen molar-refractivity contribution in [2.75, 3.05) is 6.61 Å². The van der Waals surface area contributed by atoms with Gasteiger partial charge in [-0.3, -0.25) is 0 Å². The molecule has 0 radical (unpaired) electrons. The van der Waals surface area contributed by atoms with E-state index in [0.29, 0.717) is 9.79 Å². The second-order valence-corrected chi connectivity index (χ2v) is 3.71. The Balaban J connectivity index is 3.16. The summed E-state index contributed by atoms with van der Waals surface area (Å²) in [6.07, 6.45) is 0. The number of thiol groups is 2. The zero-order valence-electron chi connectivity index (χ0n) is 7.97. The van der Waals surface area contributed by atoms with Gasteiger partial charge in [-0.15, -0.1) is 25.3 Å². The van der Waals surface area contributed by atoms with Crippen molar-refractivity contribution < 1.29 is 9.53 Å². The van der Waals surface area contributed by atoms with Gasteiger partial charge in [-0.1, -0.05) is 0 Å². The van der Waals surface area contributed by atoms with Crippen LogP contribution in [0.4, 0.5) is 5.69 Å². The number of nitrogens with one attached hydrogen (secondary N) is 1. The fraction of sp³-hybridized carbons (Fsp3) is 0.111. The van der Waals surface area contributed by atoms with E-state index < -0.39 is 5.97 Å². The Hall–Kier alpha value is -1.52. The molecule has 0 aliphatic rings. The van der Waals surface area contributed by atoms with Crippen molar-refractivity contribution in [3.8, 4) is 6.07 Å². The molecule has 1 aromatic carbocycles. The third-order valence-corrected chi connectivity index (χ3v) is 2.27. The van der Waals surface area contributed by atoms with Crippen molar-refractivity contribution in [2.24, 2.45) is 5.11 Å². The molecule has 1 N–H and O–H groups in total. The van der Waals surface area contributed by atoms with Gasteiger partial charge in [0.1, 0.15) is 11.8 Å². The topological polar surface area (TPSA) is 86.3 Å². The Morgan fingerprint density at radius 1 is 1.56 bits per heavy atom. The van der Waals surface area contributed by atoms with Crippen LogP contribution < -0.4 is 0 Å². The molecule has 0 spiro atoms. The Labute approximate surface area is 103 Å². The van der Waals surface area contributed by atoms with Crippen LogP contribution >= 0.6 is 25.3 Å². The summed E-state index contributed by atoms with van der Waals surface area (Å²) in [4.78, 5) is 12.4. The van der Waals surface area contributed by atoms with Gasteiger partial charge in [0.2, 0.25) is 0 Å². The number of hydrogen-bond acceptors (Lipinski definition) is 7. The SMILES string of the molecule is N#CCOC(=O)c1cc(S)cc(S)c1N=N. The summed E-state index contributed by atoms with van der Waals surface area (Å²) in [5.41, 5.74) is 7.12. The summed E-state index contributed by atoms with van der Waals surface area (Å²) in [6.45, 7) is -0.352. The van der Waals surface area contributed by atoms with E-state index in [0.717, 1.165) is 0 Å². The lowest BCUT2D eigenvalue weighted by atomic mass is 10.2. The Morgan fingerprint density at radius 2 is 2.25 bits per heavy atom. The average Bonchev–Trinajstić information content (AvgIpc) is 2.24. The fourth-order valence-corrected chi connectivity index (χ4v) is 1.72. The minimum Gasteiger partial charge on any atom is -0.447 e. The largest absolute Gasteiger partial charge is 0.447 e. The molecule has 0 unspecified atom stereocenters. The number of ether oxygens (including phenoxy) is 1. The van der Waals surface area contributed by atoms with Gasteiger partial charge in [0.25, 0.3) is 0 Å². The number of hydrogen-bond donors (Lipinski definition) is 3. The van der Waals surface area contributed by atoms with E-state index in [2.05, 4.69) is 35.1 Å². The van der Waals surface area contributed by atoms with Gasteiger partial charge in [0, 0.05) is 9.79 Å². The maximum absolute atomic E-state index is 11.5. The molecule has 0 aliphatic carbocycles.